The van der Waals surface area contributed by atoms with E-state index in [2.05, 4.69) is 10.3 Å². The molecule has 0 aliphatic heterocycles. The van der Waals surface area contributed by atoms with Crippen molar-refractivity contribution in [2.24, 2.45) is 0 Å². The molecular formula is C18H16ClN3O3. The molecule has 0 amide bonds. The molecule has 0 spiro atoms. The largest absolute Gasteiger partial charge is 0.494 e. The first-order valence-electron chi connectivity index (χ1n) is 7.57. The van der Waals surface area contributed by atoms with Crippen LogP contribution in [-0.2, 0) is 11.3 Å². The van der Waals surface area contributed by atoms with Gasteiger partial charge in [0.25, 0.3) is 0 Å². The summed E-state index contributed by atoms with van der Waals surface area (Å²) in [6.07, 6.45) is 0. The van der Waals surface area contributed by atoms with Crippen molar-refractivity contribution < 1.29 is 14.3 Å². The Kier molecular flexibility index (Phi) is 5.00. The van der Waals surface area contributed by atoms with Crippen LogP contribution in [0, 0.1) is 6.92 Å². The summed E-state index contributed by atoms with van der Waals surface area (Å²) in [5.41, 5.74) is 2.23. The number of methoxy groups -OCH3 is 1. The van der Waals surface area contributed by atoms with E-state index in [9.17, 15) is 4.79 Å². The first kappa shape index (κ1) is 17.0. The van der Waals surface area contributed by atoms with Gasteiger partial charge in [-0.2, -0.15) is 0 Å². The number of hydrogen-bond acceptors (Lipinski definition) is 5. The molecule has 2 aromatic carbocycles. The van der Waals surface area contributed by atoms with Crippen molar-refractivity contribution in [3.8, 4) is 11.4 Å². The number of nitrogens with zero attached hydrogens (tertiary/aromatic N) is 3. The van der Waals surface area contributed by atoms with Gasteiger partial charge in [0.1, 0.15) is 18.0 Å². The van der Waals surface area contributed by atoms with Crippen LogP contribution in [0.4, 0.5) is 0 Å². The standard InChI is InChI=1S/C18H16ClN3O3/c1-12-17(18(23)25-11-13-6-5-7-14(19)10-13)20-21-22(12)15-8-3-4-9-16(15)24-2/h3-10H,11H2,1-2H3. The number of para-hydroxylation sites is 2. The van der Waals surface area contributed by atoms with Gasteiger partial charge in [0, 0.05) is 5.02 Å². The number of aromatic nitrogens is 3. The lowest BCUT2D eigenvalue weighted by Crippen LogP contribution is -2.08. The van der Waals surface area contributed by atoms with Crippen LogP contribution in [0.2, 0.25) is 5.02 Å². The van der Waals surface area contributed by atoms with Crippen LogP contribution in [0.25, 0.3) is 5.69 Å². The predicted molar refractivity (Wildman–Crippen MR) is 93.2 cm³/mol. The number of carbonyl (C=O) groups is 1. The third-order valence-electron chi connectivity index (χ3n) is 3.66. The van der Waals surface area contributed by atoms with Crippen LogP contribution in [0.5, 0.6) is 5.75 Å². The summed E-state index contributed by atoms with van der Waals surface area (Å²) >= 11 is 5.92. The number of ether oxygens (including phenoxy) is 2. The first-order chi connectivity index (χ1) is 12.1. The van der Waals surface area contributed by atoms with Gasteiger partial charge in [0.05, 0.1) is 12.8 Å². The van der Waals surface area contributed by atoms with E-state index in [-0.39, 0.29) is 12.3 Å². The molecule has 25 heavy (non-hydrogen) atoms. The van der Waals surface area contributed by atoms with Gasteiger partial charge in [-0.05, 0) is 36.8 Å². The average Bonchev–Trinajstić information content (AvgIpc) is 3.01. The number of rotatable bonds is 5. The smallest absolute Gasteiger partial charge is 0.361 e. The van der Waals surface area contributed by atoms with Gasteiger partial charge in [-0.15, -0.1) is 5.10 Å². The predicted octanol–water partition coefficient (Wildman–Crippen LogP) is 3.59. The molecule has 0 saturated heterocycles. The number of halogens is 1. The maximum Gasteiger partial charge on any atom is 0.361 e. The van der Waals surface area contributed by atoms with E-state index in [1.807, 2.05) is 30.3 Å². The fraction of sp³-hybridized carbons (Fsp3) is 0.167. The molecule has 0 bridgehead atoms. The van der Waals surface area contributed by atoms with Crippen LogP contribution < -0.4 is 4.74 Å². The highest BCUT2D eigenvalue weighted by Crippen LogP contribution is 2.23. The van der Waals surface area contributed by atoms with Crippen molar-refractivity contribution in [1.82, 2.24) is 15.0 Å². The van der Waals surface area contributed by atoms with Gasteiger partial charge in [-0.1, -0.05) is 41.1 Å². The molecule has 0 aliphatic rings. The second-order valence-electron chi connectivity index (χ2n) is 5.31. The third-order valence-corrected chi connectivity index (χ3v) is 3.90. The summed E-state index contributed by atoms with van der Waals surface area (Å²) in [6, 6.07) is 14.5. The summed E-state index contributed by atoms with van der Waals surface area (Å²) in [5.74, 6) is 0.0907. The van der Waals surface area contributed by atoms with Crippen LogP contribution >= 0.6 is 11.6 Å². The van der Waals surface area contributed by atoms with E-state index < -0.39 is 5.97 Å². The highest BCUT2D eigenvalue weighted by atomic mass is 35.5. The Bertz CT molecular complexity index is 908. The second kappa shape index (κ2) is 7.36. The number of hydrogen-bond donors (Lipinski definition) is 0. The molecule has 0 aliphatic carbocycles. The minimum atomic E-state index is -0.543. The maximum atomic E-state index is 12.3. The van der Waals surface area contributed by atoms with Crippen LogP contribution in [0.15, 0.2) is 48.5 Å². The summed E-state index contributed by atoms with van der Waals surface area (Å²) in [7, 11) is 1.57. The first-order valence-corrected chi connectivity index (χ1v) is 7.95. The van der Waals surface area contributed by atoms with Crippen molar-refractivity contribution in [2.45, 2.75) is 13.5 Å². The number of carbonyl (C=O) groups excluding carboxylic acids is 1. The minimum absolute atomic E-state index is 0.111. The Morgan fingerprint density at radius 1 is 1.20 bits per heavy atom. The second-order valence-corrected chi connectivity index (χ2v) is 5.75. The van der Waals surface area contributed by atoms with Gasteiger partial charge in [0.15, 0.2) is 5.69 Å². The molecule has 1 aromatic heterocycles. The molecule has 7 heteroatoms. The van der Waals surface area contributed by atoms with Gasteiger partial charge >= 0.3 is 5.97 Å². The molecule has 0 atom stereocenters. The van der Waals surface area contributed by atoms with Gasteiger partial charge < -0.3 is 9.47 Å². The number of benzene rings is 2. The van der Waals surface area contributed by atoms with E-state index in [1.165, 1.54) is 0 Å². The van der Waals surface area contributed by atoms with E-state index in [1.54, 1.807) is 36.9 Å². The SMILES string of the molecule is COc1ccccc1-n1nnc(C(=O)OCc2cccc(Cl)c2)c1C. The van der Waals surface area contributed by atoms with Crippen LogP contribution in [-0.4, -0.2) is 28.1 Å². The van der Waals surface area contributed by atoms with Gasteiger partial charge in [-0.25, -0.2) is 9.48 Å². The zero-order valence-corrected chi connectivity index (χ0v) is 14.5. The Labute approximate surface area is 149 Å². The van der Waals surface area contributed by atoms with E-state index in [0.717, 1.165) is 5.56 Å². The number of esters is 1. The lowest BCUT2D eigenvalue weighted by molar-refractivity contribution is 0.0464. The Hall–Kier alpha value is -2.86. The average molecular weight is 358 g/mol. The van der Waals surface area contributed by atoms with Crippen molar-refractivity contribution in [3.63, 3.8) is 0 Å². The summed E-state index contributed by atoms with van der Waals surface area (Å²) in [6.45, 7) is 1.86. The van der Waals surface area contributed by atoms with Gasteiger partial charge in [-0.3, -0.25) is 0 Å². The summed E-state index contributed by atoms with van der Waals surface area (Å²) in [4.78, 5) is 12.3. The normalized spacial score (nSPS) is 10.5. The third kappa shape index (κ3) is 3.64. The molecule has 1 heterocycles. The molecule has 128 valence electrons. The zero-order chi connectivity index (χ0) is 17.8. The van der Waals surface area contributed by atoms with Crippen LogP contribution in [0.1, 0.15) is 21.7 Å². The fourth-order valence-corrected chi connectivity index (χ4v) is 2.61. The molecule has 0 unspecified atom stereocenters. The highest BCUT2D eigenvalue weighted by Gasteiger charge is 2.20. The molecule has 0 radical (unpaired) electrons. The van der Waals surface area contributed by atoms with E-state index in [0.29, 0.717) is 22.2 Å². The summed E-state index contributed by atoms with van der Waals surface area (Å²) < 4.78 is 12.2. The molecule has 0 N–H and O–H groups in total. The molecule has 0 fully saturated rings. The Balaban J connectivity index is 1.79. The molecular weight excluding hydrogens is 342 g/mol. The van der Waals surface area contributed by atoms with Gasteiger partial charge in [0.2, 0.25) is 0 Å². The Morgan fingerprint density at radius 2 is 2.00 bits per heavy atom. The quantitative estimate of drug-likeness (QED) is 0.653. The lowest BCUT2D eigenvalue weighted by atomic mass is 10.2. The van der Waals surface area contributed by atoms with E-state index in [4.69, 9.17) is 21.1 Å². The van der Waals surface area contributed by atoms with Crippen molar-refractivity contribution in [1.29, 1.82) is 0 Å². The monoisotopic (exact) mass is 357 g/mol. The van der Waals surface area contributed by atoms with Crippen LogP contribution in [0.3, 0.4) is 0 Å². The highest BCUT2D eigenvalue weighted by molar-refractivity contribution is 6.30. The maximum absolute atomic E-state index is 12.3. The zero-order valence-electron chi connectivity index (χ0n) is 13.8. The molecule has 3 rings (SSSR count). The molecule has 3 aromatic rings. The topological polar surface area (TPSA) is 66.2 Å². The van der Waals surface area contributed by atoms with Crippen molar-refractivity contribution >= 4 is 17.6 Å². The van der Waals surface area contributed by atoms with Crippen molar-refractivity contribution in [3.05, 3.63) is 70.5 Å². The fourth-order valence-electron chi connectivity index (χ4n) is 2.40. The molecule has 0 saturated carbocycles. The Morgan fingerprint density at radius 3 is 2.76 bits per heavy atom. The molecule has 6 nitrogen and oxygen atoms in total. The van der Waals surface area contributed by atoms with E-state index >= 15 is 0 Å². The minimum Gasteiger partial charge on any atom is -0.494 e. The summed E-state index contributed by atoms with van der Waals surface area (Å²) in [5, 5.41) is 8.59. The van der Waals surface area contributed by atoms with Crippen molar-refractivity contribution in [2.75, 3.05) is 7.11 Å². The lowest BCUT2D eigenvalue weighted by Gasteiger charge is -2.09.